The van der Waals surface area contributed by atoms with Gasteiger partial charge in [0.1, 0.15) is 0 Å². The smallest absolute Gasteiger partial charge is 0.240 e. The molecule has 4 nitrogen and oxygen atoms in total. The number of piperidine rings is 1. The Hall–Kier alpha value is -1.69. The minimum absolute atomic E-state index is 0.397. The molecule has 5 heteroatoms. The van der Waals surface area contributed by atoms with E-state index in [-0.39, 0.29) is 0 Å². The number of likely N-dealkylation sites (tertiary alicyclic amines) is 1. The van der Waals surface area contributed by atoms with E-state index in [9.17, 15) is 8.42 Å². The van der Waals surface area contributed by atoms with Gasteiger partial charge in [0.25, 0.3) is 0 Å². The number of sulfonamides is 1. The van der Waals surface area contributed by atoms with Gasteiger partial charge in [0, 0.05) is 13.1 Å². The van der Waals surface area contributed by atoms with Gasteiger partial charge in [-0.2, -0.15) is 0 Å². The fourth-order valence-corrected chi connectivity index (χ4v) is 5.09. The summed E-state index contributed by atoms with van der Waals surface area (Å²) in [7, 11) is -3.43. The van der Waals surface area contributed by atoms with E-state index in [0.29, 0.717) is 17.4 Å². The van der Waals surface area contributed by atoms with Gasteiger partial charge >= 0.3 is 0 Å². The Morgan fingerprint density at radius 1 is 1.04 bits per heavy atom. The first-order valence-corrected chi connectivity index (χ1v) is 11.3. The lowest BCUT2D eigenvalue weighted by Crippen LogP contribution is -2.39. The number of aryl methyl sites for hydroxylation is 2. The molecule has 0 aromatic heterocycles. The first kappa shape index (κ1) is 20.1. The van der Waals surface area contributed by atoms with E-state index in [1.54, 1.807) is 6.07 Å². The highest BCUT2D eigenvalue weighted by molar-refractivity contribution is 7.89. The fourth-order valence-electron chi connectivity index (χ4n) is 3.75. The maximum Gasteiger partial charge on any atom is 0.240 e. The van der Waals surface area contributed by atoms with Gasteiger partial charge in [0.2, 0.25) is 10.0 Å². The van der Waals surface area contributed by atoms with E-state index < -0.39 is 10.0 Å². The highest BCUT2D eigenvalue weighted by atomic mass is 32.2. The van der Waals surface area contributed by atoms with E-state index in [2.05, 4.69) is 33.9 Å². The van der Waals surface area contributed by atoms with Crippen molar-refractivity contribution in [1.82, 2.24) is 9.62 Å². The molecule has 0 unspecified atom stereocenters. The summed E-state index contributed by atoms with van der Waals surface area (Å²) in [4.78, 5) is 2.88. The summed E-state index contributed by atoms with van der Waals surface area (Å²) < 4.78 is 28.0. The summed E-state index contributed by atoms with van der Waals surface area (Å²) in [6.07, 6.45) is 3.17. The van der Waals surface area contributed by atoms with Crippen LogP contribution < -0.4 is 4.72 Å². The van der Waals surface area contributed by atoms with E-state index in [1.807, 2.05) is 32.0 Å². The lowest BCUT2D eigenvalue weighted by atomic mass is 9.97. The summed E-state index contributed by atoms with van der Waals surface area (Å²) >= 11 is 0. The Balaban J connectivity index is 1.45. The van der Waals surface area contributed by atoms with Gasteiger partial charge in [-0.15, -0.1) is 0 Å². The highest BCUT2D eigenvalue weighted by Gasteiger charge is 2.22. The molecule has 146 valence electrons. The van der Waals surface area contributed by atoms with E-state index in [1.165, 1.54) is 5.56 Å². The van der Waals surface area contributed by atoms with Crippen LogP contribution in [0.4, 0.5) is 0 Å². The topological polar surface area (TPSA) is 49.4 Å². The Labute approximate surface area is 163 Å². The van der Waals surface area contributed by atoms with Crippen LogP contribution in [-0.2, 0) is 16.4 Å². The van der Waals surface area contributed by atoms with Crippen molar-refractivity contribution in [3.05, 3.63) is 65.2 Å². The minimum Gasteiger partial charge on any atom is -0.303 e. The van der Waals surface area contributed by atoms with Gasteiger partial charge in [-0.25, -0.2) is 13.1 Å². The van der Waals surface area contributed by atoms with Gasteiger partial charge in [0.15, 0.2) is 0 Å². The van der Waals surface area contributed by atoms with E-state index in [0.717, 1.165) is 50.0 Å². The molecule has 1 aliphatic heterocycles. The molecule has 0 aliphatic carbocycles. The monoisotopic (exact) mass is 386 g/mol. The summed E-state index contributed by atoms with van der Waals surface area (Å²) in [6.45, 7) is 7.52. The second-order valence-corrected chi connectivity index (χ2v) is 9.38. The zero-order chi connectivity index (χ0) is 19.3. The Morgan fingerprint density at radius 2 is 1.74 bits per heavy atom. The molecule has 2 aromatic carbocycles. The number of rotatable bonds is 7. The van der Waals surface area contributed by atoms with Crippen molar-refractivity contribution >= 4 is 10.0 Å². The molecule has 1 fully saturated rings. The Morgan fingerprint density at radius 3 is 2.41 bits per heavy atom. The largest absolute Gasteiger partial charge is 0.303 e. The van der Waals surface area contributed by atoms with Gasteiger partial charge < -0.3 is 4.90 Å². The van der Waals surface area contributed by atoms with Crippen molar-refractivity contribution < 1.29 is 8.42 Å². The Bertz CT molecular complexity index is 842. The zero-order valence-corrected chi connectivity index (χ0v) is 17.1. The van der Waals surface area contributed by atoms with Crippen molar-refractivity contribution in [2.24, 2.45) is 5.92 Å². The highest BCUT2D eigenvalue weighted by Crippen LogP contribution is 2.20. The van der Waals surface area contributed by atoms with Crippen molar-refractivity contribution in [3.63, 3.8) is 0 Å². The summed E-state index contributed by atoms with van der Waals surface area (Å²) in [5, 5.41) is 0. The van der Waals surface area contributed by atoms with Crippen LogP contribution in [0.1, 0.15) is 29.5 Å². The van der Waals surface area contributed by atoms with Gasteiger partial charge in [-0.1, -0.05) is 48.0 Å². The molecule has 2 aromatic rings. The molecule has 3 rings (SSSR count). The molecule has 0 spiro atoms. The van der Waals surface area contributed by atoms with Crippen LogP contribution in [0.2, 0.25) is 0 Å². The second-order valence-electron chi connectivity index (χ2n) is 7.64. The molecule has 1 heterocycles. The molecule has 1 aliphatic rings. The first-order valence-electron chi connectivity index (χ1n) is 9.77. The maximum atomic E-state index is 12.6. The van der Waals surface area contributed by atoms with Crippen LogP contribution in [0.5, 0.6) is 0 Å². The number of benzene rings is 2. The van der Waals surface area contributed by atoms with E-state index >= 15 is 0 Å². The van der Waals surface area contributed by atoms with Crippen LogP contribution in [0.25, 0.3) is 0 Å². The minimum atomic E-state index is -3.43. The van der Waals surface area contributed by atoms with Crippen LogP contribution in [0.15, 0.2) is 53.4 Å². The van der Waals surface area contributed by atoms with Crippen molar-refractivity contribution in [2.45, 2.75) is 38.0 Å². The normalized spacial score (nSPS) is 16.5. The number of nitrogens with one attached hydrogen (secondary N) is 1. The molecule has 0 atom stereocenters. The van der Waals surface area contributed by atoms with Crippen molar-refractivity contribution in [1.29, 1.82) is 0 Å². The molecule has 27 heavy (non-hydrogen) atoms. The lowest BCUT2D eigenvalue weighted by molar-refractivity contribution is 0.187. The van der Waals surface area contributed by atoms with Crippen LogP contribution in [0.3, 0.4) is 0 Å². The second kappa shape index (κ2) is 9.00. The van der Waals surface area contributed by atoms with Gasteiger partial charge in [-0.05, 0) is 69.3 Å². The molecule has 1 N–H and O–H groups in total. The quantitative estimate of drug-likeness (QED) is 0.792. The molecule has 0 saturated carbocycles. The van der Waals surface area contributed by atoms with Gasteiger partial charge in [-0.3, -0.25) is 0 Å². The van der Waals surface area contributed by atoms with E-state index in [4.69, 9.17) is 0 Å². The molecule has 0 amide bonds. The SMILES string of the molecule is Cc1ccc(S(=O)(=O)NCC2CCN(CCc3ccccc3)CC2)c(C)c1. The van der Waals surface area contributed by atoms with Crippen LogP contribution >= 0.6 is 0 Å². The number of hydrogen-bond acceptors (Lipinski definition) is 3. The molecular weight excluding hydrogens is 356 g/mol. The third-order valence-corrected chi connectivity index (χ3v) is 7.03. The maximum absolute atomic E-state index is 12.6. The molecular formula is C22H30N2O2S. The predicted molar refractivity (Wildman–Crippen MR) is 110 cm³/mol. The van der Waals surface area contributed by atoms with Gasteiger partial charge in [0.05, 0.1) is 4.90 Å². The average molecular weight is 387 g/mol. The number of nitrogens with zero attached hydrogens (tertiary/aromatic N) is 1. The lowest BCUT2D eigenvalue weighted by Gasteiger charge is -2.32. The van der Waals surface area contributed by atoms with Crippen LogP contribution in [-0.4, -0.2) is 39.5 Å². The predicted octanol–water partition coefficient (Wildman–Crippen LogP) is 3.54. The third-order valence-electron chi connectivity index (χ3n) is 5.45. The fraction of sp³-hybridized carbons (Fsp3) is 0.455. The summed E-state index contributed by atoms with van der Waals surface area (Å²) in [6, 6.07) is 16.1. The van der Waals surface area contributed by atoms with Crippen molar-refractivity contribution in [2.75, 3.05) is 26.2 Å². The average Bonchev–Trinajstić information content (AvgIpc) is 2.66. The molecule has 0 bridgehead atoms. The standard InChI is InChI=1S/C22H30N2O2S/c1-18-8-9-22(19(2)16-18)27(25,26)23-17-21-11-14-24(15-12-21)13-10-20-6-4-3-5-7-20/h3-9,16,21,23H,10-15,17H2,1-2H3. The van der Waals surface area contributed by atoms with Crippen LogP contribution in [0, 0.1) is 19.8 Å². The number of hydrogen-bond donors (Lipinski definition) is 1. The van der Waals surface area contributed by atoms with Crippen molar-refractivity contribution in [3.8, 4) is 0 Å². The summed E-state index contributed by atoms with van der Waals surface area (Å²) in [5.74, 6) is 0.415. The first-order chi connectivity index (χ1) is 12.9. The Kier molecular flexibility index (Phi) is 6.68. The summed E-state index contributed by atoms with van der Waals surface area (Å²) in [5.41, 5.74) is 3.26. The third kappa shape index (κ3) is 5.64. The molecule has 0 radical (unpaired) electrons. The zero-order valence-electron chi connectivity index (χ0n) is 16.3. The molecule has 1 saturated heterocycles.